The lowest BCUT2D eigenvalue weighted by Gasteiger charge is -2.16. The van der Waals surface area contributed by atoms with Crippen LogP contribution in [0.25, 0.3) is 0 Å². The number of nitrogen functional groups attached to an aromatic ring is 1. The molecule has 0 radical (unpaired) electrons. The van der Waals surface area contributed by atoms with Gasteiger partial charge in [0.1, 0.15) is 16.6 Å². The van der Waals surface area contributed by atoms with Crippen LogP contribution in [0.2, 0.25) is 0 Å². The lowest BCUT2D eigenvalue weighted by atomic mass is 10.1. The van der Waals surface area contributed by atoms with Crippen LogP contribution >= 0.6 is 11.3 Å². The standard InChI is InChI=1S/C13H17N3O2S/c1-16(5-6-18-2)13-9(7-14)10(15)12(19-13)11(17)8-3-4-8/h8H,3-6,15H2,1-2H3. The number of carbonyl (C=O) groups is 1. The molecule has 0 atom stereocenters. The summed E-state index contributed by atoms with van der Waals surface area (Å²) in [6.45, 7) is 1.22. The summed E-state index contributed by atoms with van der Waals surface area (Å²) >= 11 is 1.32. The molecular formula is C13H17N3O2S. The first-order valence-corrected chi connectivity index (χ1v) is 6.98. The predicted octanol–water partition coefficient (Wildman–Crippen LogP) is 1.88. The number of nitrogens with two attached hydrogens (primary N) is 1. The Labute approximate surface area is 116 Å². The minimum Gasteiger partial charge on any atom is -0.396 e. The Morgan fingerprint density at radius 2 is 2.32 bits per heavy atom. The number of carbonyl (C=O) groups excluding carboxylic acids is 1. The molecule has 0 saturated heterocycles. The summed E-state index contributed by atoms with van der Waals surface area (Å²) in [5.41, 5.74) is 6.70. The maximum absolute atomic E-state index is 12.1. The zero-order valence-corrected chi connectivity index (χ0v) is 11.9. The number of nitrogens with zero attached hydrogens (tertiary/aromatic N) is 2. The van der Waals surface area contributed by atoms with Crippen molar-refractivity contribution in [1.29, 1.82) is 5.26 Å². The summed E-state index contributed by atoms with van der Waals surface area (Å²) in [6.07, 6.45) is 1.87. The fourth-order valence-corrected chi connectivity index (χ4v) is 3.03. The van der Waals surface area contributed by atoms with Gasteiger partial charge >= 0.3 is 0 Å². The molecule has 1 saturated carbocycles. The average Bonchev–Trinajstić information content (AvgIpc) is 3.19. The number of thiophene rings is 1. The normalized spacial score (nSPS) is 14.2. The Bertz CT molecular complexity index is 529. The topological polar surface area (TPSA) is 79.3 Å². The zero-order valence-electron chi connectivity index (χ0n) is 11.1. The lowest BCUT2D eigenvalue weighted by molar-refractivity contribution is 0.0972. The molecule has 0 spiro atoms. The van der Waals surface area contributed by atoms with E-state index in [1.165, 1.54) is 11.3 Å². The van der Waals surface area contributed by atoms with Crippen LogP contribution in [0.4, 0.5) is 10.7 Å². The van der Waals surface area contributed by atoms with Gasteiger partial charge in [0.25, 0.3) is 0 Å². The van der Waals surface area contributed by atoms with Crippen LogP contribution in [0.15, 0.2) is 0 Å². The van der Waals surface area contributed by atoms with Gasteiger partial charge in [-0.25, -0.2) is 0 Å². The van der Waals surface area contributed by atoms with Gasteiger partial charge in [-0.15, -0.1) is 11.3 Å². The zero-order chi connectivity index (χ0) is 14.0. The minimum absolute atomic E-state index is 0.0883. The second kappa shape index (κ2) is 5.59. The van der Waals surface area contributed by atoms with Gasteiger partial charge in [0.15, 0.2) is 5.78 Å². The van der Waals surface area contributed by atoms with E-state index in [4.69, 9.17) is 10.5 Å². The van der Waals surface area contributed by atoms with E-state index in [9.17, 15) is 10.1 Å². The van der Waals surface area contributed by atoms with Crippen LogP contribution in [0.3, 0.4) is 0 Å². The van der Waals surface area contributed by atoms with Gasteiger partial charge in [-0.3, -0.25) is 4.79 Å². The highest BCUT2D eigenvalue weighted by molar-refractivity contribution is 7.19. The molecule has 102 valence electrons. The molecule has 6 heteroatoms. The molecule has 1 aliphatic carbocycles. The molecule has 19 heavy (non-hydrogen) atoms. The highest BCUT2D eigenvalue weighted by Gasteiger charge is 2.34. The number of anilines is 2. The van der Waals surface area contributed by atoms with Gasteiger partial charge in [0.2, 0.25) is 0 Å². The molecule has 5 nitrogen and oxygen atoms in total. The lowest BCUT2D eigenvalue weighted by Crippen LogP contribution is -2.21. The Hall–Kier alpha value is -1.58. The molecule has 2 N–H and O–H groups in total. The number of methoxy groups -OCH3 is 1. The van der Waals surface area contributed by atoms with Crippen LogP contribution in [0, 0.1) is 17.2 Å². The van der Waals surface area contributed by atoms with Crippen molar-refractivity contribution < 1.29 is 9.53 Å². The van der Waals surface area contributed by atoms with Crippen molar-refractivity contribution in [1.82, 2.24) is 0 Å². The molecule has 0 bridgehead atoms. The number of Topliss-reactive ketones (excluding diaryl/α,β-unsaturated/α-hetero) is 1. The number of ether oxygens (including phenoxy) is 1. The van der Waals surface area contributed by atoms with Crippen molar-refractivity contribution in [2.24, 2.45) is 5.92 Å². The number of ketones is 1. The maximum Gasteiger partial charge on any atom is 0.178 e. The maximum atomic E-state index is 12.1. The molecular weight excluding hydrogens is 262 g/mol. The monoisotopic (exact) mass is 279 g/mol. The van der Waals surface area contributed by atoms with Crippen LogP contribution in [-0.2, 0) is 4.74 Å². The highest BCUT2D eigenvalue weighted by atomic mass is 32.1. The van der Waals surface area contributed by atoms with Crippen LogP contribution in [-0.4, -0.2) is 33.1 Å². The smallest absolute Gasteiger partial charge is 0.178 e. The van der Waals surface area contributed by atoms with Gasteiger partial charge in [0.05, 0.1) is 17.2 Å². The second-order valence-corrected chi connectivity index (χ2v) is 5.69. The first-order valence-electron chi connectivity index (χ1n) is 6.16. The summed E-state index contributed by atoms with van der Waals surface area (Å²) in [5.74, 6) is 0.204. The van der Waals surface area contributed by atoms with E-state index in [2.05, 4.69) is 6.07 Å². The van der Waals surface area contributed by atoms with E-state index in [-0.39, 0.29) is 11.7 Å². The van der Waals surface area contributed by atoms with E-state index in [1.54, 1.807) is 7.11 Å². The first kappa shape index (κ1) is 13.8. The van der Waals surface area contributed by atoms with Gasteiger partial charge in [-0.2, -0.15) is 5.26 Å². The molecule has 1 aromatic rings. The summed E-state index contributed by atoms with van der Waals surface area (Å²) in [6, 6.07) is 2.11. The van der Waals surface area contributed by atoms with Crippen LogP contribution in [0.1, 0.15) is 28.1 Å². The summed E-state index contributed by atoms with van der Waals surface area (Å²) in [7, 11) is 3.50. The van der Waals surface area contributed by atoms with Crippen molar-refractivity contribution >= 4 is 27.8 Å². The van der Waals surface area contributed by atoms with E-state index < -0.39 is 0 Å². The van der Waals surface area contributed by atoms with Gasteiger partial charge in [0, 0.05) is 26.6 Å². The summed E-state index contributed by atoms with van der Waals surface area (Å²) in [5, 5.41) is 9.98. The highest BCUT2D eigenvalue weighted by Crippen LogP contribution is 2.42. The Morgan fingerprint density at radius 3 is 2.84 bits per heavy atom. The molecule has 2 rings (SSSR count). The van der Waals surface area contributed by atoms with Gasteiger partial charge in [-0.1, -0.05) is 0 Å². The number of hydrogen-bond donors (Lipinski definition) is 1. The summed E-state index contributed by atoms with van der Waals surface area (Å²) < 4.78 is 5.02. The van der Waals surface area contributed by atoms with Crippen molar-refractivity contribution in [3.63, 3.8) is 0 Å². The van der Waals surface area contributed by atoms with E-state index >= 15 is 0 Å². The Kier molecular flexibility index (Phi) is 4.08. The van der Waals surface area contributed by atoms with Crippen molar-refractivity contribution in [3.8, 4) is 6.07 Å². The van der Waals surface area contributed by atoms with Gasteiger partial charge < -0.3 is 15.4 Å². The number of rotatable bonds is 6. The van der Waals surface area contributed by atoms with Crippen LogP contribution in [0.5, 0.6) is 0 Å². The largest absolute Gasteiger partial charge is 0.396 e. The fraction of sp³-hybridized carbons (Fsp3) is 0.538. The van der Waals surface area contributed by atoms with Crippen molar-refractivity contribution in [3.05, 3.63) is 10.4 Å². The quantitative estimate of drug-likeness (QED) is 0.804. The minimum atomic E-state index is 0.0883. The fourth-order valence-electron chi connectivity index (χ4n) is 1.85. The molecule has 1 aliphatic rings. The second-order valence-electron chi connectivity index (χ2n) is 4.69. The number of nitriles is 1. The molecule has 1 fully saturated rings. The van der Waals surface area contributed by atoms with Gasteiger partial charge in [-0.05, 0) is 12.8 Å². The van der Waals surface area contributed by atoms with E-state index in [0.717, 1.165) is 17.8 Å². The Balaban J connectivity index is 2.30. The summed E-state index contributed by atoms with van der Waals surface area (Å²) in [4.78, 5) is 14.6. The molecule has 0 aliphatic heterocycles. The van der Waals surface area contributed by atoms with E-state index in [1.807, 2.05) is 11.9 Å². The third-order valence-electron chi connectivity index (χ3n) is 3.19. The van der Waals surface area contributed by atoms with Crippen molar-refractivity contribution in [2.75, 3.05) is 37.9 Å². The predicted molar refractivity (Wildman–Crippen MR) is 75.6 cm³/mol. The number of likely N-dealkylation sites (N-methyl/N-ethyl adjacent to an activating group) is 1. The molecule has 0 unspecified atom stereocenters. The van der Waals surface area contributed by atoms with E-state index in [0.29, 0.717) is 29.3 Å². The molecule has 0 aromatic carbocycles. The SMILES string of the molecule is COCCN(C)c1sc(C(=O)C2CC2)c(N)c1C#N. The van der Waals surface area contributed by atoms with Crippen LogP contribution < -0.4 is 10.6 Å². The van der Waals surface area contributed by atoms with Crippen molar-refractivity contribution in [2.45, 2.75) is 12.8 Å². The Morgan fingerprint density at radius 1 is 1.63 bits per heavy atom. The first-order chi connectivity index (χ1) is 9.10. The third-order valence-corrected chi connectivity index (χ3v) is 4.52. The molecule has 0 amide bonds. The molecule has 1 aromatic heterocycles. The molecule has 1 heterocycles. The third kappa shape index (κ3) is 2.72. The average molecular weight is 279 g/mol. The number of hydrogen-bond acceptors (Lipinski definition) is 6.